The fourth-order valence-electron chi connectivity index (χ4n) is 5.80. The molecule has 4 bridgehead atoms. The zero-order valence-electron chi connectivity index (χ0n) is 15.8. The number of ether oxygens (including phenoxy) is 2. The Morgan fingerprint density at radius 2 is 1.58 bits per heavy atom. The van der Waals surface area contributed by atoms with Gasteiger partial charge in [-0.3, -0.25) is 0 Å². The maximum atomic E-state index is 12.7. The third kappa shape index (κ3) is 3.49. The van der Waals surface area contributed by atoms with E-state index in [1.807, 2.05) is 32.0 Å². The van der Waals surface area contributed by atoms with Gasteiger partial charge in [-0.1, -0.05) is 0 Å². The molecule has 4 aliphatic rings. The van der Waals surface area contributed by atoms with E-state index in [4.69, 9.17) is 9.47 Å². The first-order valence-electron chi connectivity index (χ1n) is 10.1. The minimum absolute atomic E-state index is 0.0207. The van der Waals surface area contributed by atoms with Crippen LogP contribution in [0.1, 0.15) is 52.4 Å². The second-order valence-corrected chi connectivity index (χ2v) is 8.30. The van der Waals surface area contributed by atoms with Gasteiger partial charge in [0, 0.05) is 17.3 Å². The molecule has 5 heteroatoms. The van der Waals surface area contributed by atoms with Crippen LogP contribution in [-0.2, 0) is 0 Å². The average Bonchev–Trinajstić information content (AvgIpc) is 2.55. The standard InChI is InChI=1S/C21H30N2O3/c1-3-25-18-6-5-17(10-19(18)26-4-2)22-20(24)23-21-11-14-7-15(12-21)9-16(8-14)13-21/h5-6,10,14-16H,3-4,7-9,11-13H2,1-2H3,(H2,22,23,24). The average molecular weight is 358 g/mol. The van der Waals surface area contributed by atoms with Crippen LogP contribution in [0.4, 0.5) is 10.5 Å². The van der Waals surface area contributed by atoms with Crippen LogP contribution in [0.3, 0.4) is 0 Å². The van der Waals surface area contributed by atoms with Crippen molar-refractivity contribution in [2.75, 3.05) is 18.5 Å². The third-order valence-electron chi connectivity index (χ3n) is 6.22. The summed E-state index contributed by atoms with van der Waals surface area (Å²) in [7, 11) is 0. The molecule has 0 spiro atoms. The van der Waals surface area contributed by atoms with Gasteiger partial charge in [0.1, 0.15) is 0 Å². The van der Waals surface area contributed by atoms with Gasteiger partial charge in [0.05, 0.1) is 13.2 Å². The minimum atomic E-state index is -0.0986. The molecule has 2 N–H and O–H groups in total. The highest BCUT2D eigenvalue weighted by Crippen LogP contribution is 2.55. The highest BCUT2D eigenvalue weighted by atomic mass is 16.5. The Kier molecular flexibility index (Phi) is 4.72. The summed E-state index contributed by atoms with van der Waals surface area (Å²) >= 11 is 0. The van der Waals surface area contributed by atoms with Gasteiger partial charge in [-0.25, -0.2) is 4.79 Å². The zero-order chi connectivity index (χ0) is 18.1. The predicted molar refractivity (Wildman–Crippen MR) is 102 cm³/mol. The number of carbonyl (C=O) groups excluding carboxylic acids is 1. The highest BCUT2D eigenvalue weighted by Gasteiger charge is 2.51. The lowest BCUT2D eigenvalue weighted by Crippen LogP contribution is -2.60. The first kappa shape index (κ1) is 17.5. The molecule has 26 heavy (non-hydrogen) atoms. The van der Waals surface area contributed by atoms with E-state index in [-0.39, 0.29) is 11.6 Å². The van der Waals surface area contributed by atoms with Gasteiger partial charge in [0.2, 0.25) is 0 Å². The van der Waals surface area contributed by atoms with Crippen molar-refractivity contribution in [1.29, 1.82) is 0 Å². The van der Waals surface area contributed by atoms with Crippen LogP contribution < -0.4 is 20.1 Å². The first-order chi connectivity index (χ1) is 12.6. The number of rotatable bonds is 6. The fraction of sp³-hybridized carbons (Fsp3) is 0.667. The Balaban J connectivity index is 1.42. The van der Waals surface area contributed by atoms with Crippen molar-refractivity contribution < 1.29 is 14.3 Å². The number of hydrogen-bond acceptors (Lipinski definition) is 3. The Labute approximate surface area is 155 Å². The van der Waals surface area contributed by atoms with E-state index in [9.17, 15) is 4.79 Å². The van der Waals surface area contributed by atoms with E-state index < -0.39 is 0 Å². The molecule has 0 saturated heterocycles. The van der Waals surface area contributed by atoms with E-state index in [0.717, 1.165) is 42.7 Å². The van der Waals surface area contributed by atoms with Gasteiger partial charge in [-0.15, -0.1) is 0 Å². The van der Waals surface area contributed by atoms with Crippen LogP contribution in [0.5, 0.6) is 11.5 Å². The third-order valence-corrected chi connectivity index (χ3v) is 6.22. The molecule has 5 nitrogen and oxygen atoms in total. The summed E-state index contributed by atoms with van der Waals surface area (Å²) in [5, 5.41) is 6.34. The number of anilines is 1. The molecule has 0 aromatic heterocycles. The van der Waals surface area contributed by atoms with Crippen LogP contribution in [0.25, 0.3) is 0 Å². The van der Waals surface area contributed by atoms with E-state index in [0.29, 0.717) is 24.7 Å². The Morgan fingerprint density at radius 1 is 1.00 bits per heavy atom. The van der Waals surface area contributed by atoms with Crippen molar-refractivity contribution in [2.24, 2.45) is 17.8 Å². The summed E-state index contributed by atoms with van der Waals surface area (Å²) in [6, 6.07) is 5.47. The molecule has 0 atom stereocenters. The zero-order valence-corrected chi connectivity index (χ0v) is 15.8. The summed E-state index contributed by atoms with van der Waals surface area (Å²) in [5.41, 5.74) is 0.756. The molecule has 1 aromatic carbocycles. The van der Waals surface area contributed by atoms with Crippen molar-refractivity contribution in [3.63, 3.8) is 0 Å². The van der Waals surface area contributed by atoms with Crippen molar-refractivity contribution in [3.05, 3.63) is 18.2 Å². The number of hydrogen-bond donors (Lipinski definition) is 2. The van der Waals surface area contributed by atoms with Crippen molar-refractivity contribution in [3.8, 4) is 11.5 Å². The van der Waals surface area contributed by atoms with E-state index in [1.54, 1.807) is 0 Å². The second kappa shape index (κ2) is 7.01. The van der Waals surface area contributed by atoms with Crippen molar-refractivity contribution >= 4 is 11.7 Å². The molecule has 142 valence electrons. The molecule has 4 aliphatic carbocycles. The van der Waals surface area contributed by atoms with Gasteiger partial charge in [0.25, 0.3) is 0 Å². The molecule has 0 heterocycles. The summed E-state index contributed by atoms with van der Waals surface area (Å²) in [6.07, 6.45) is 7.58. The van der Waals surface area contributed by atoms with Crippen LogP contribution >= 0.6 is 0 Å². The maximum absolute atomic E-state index is 12.7. The van der Waals surface area contributed by atoms with E-state index >= 15 is 0 Å². The molecular formula is C21H30N2O3. The lowest BCUT2D eigenvalue weighted by Gasteiger charge is -2.56. The summed E-state index contributed by atoms with van der Waals surface area (Å²) in [5.74, 6) is 3.83. The molecule has 4 fully saturated rings. The largest absolute Gasteiger partial charge is 0.490 e. The molecular weight excluding hydrogens is 328 g/mol. The summed E-state index contributed by atoms with van der Waals surface area (Å²) < 4.78 is 11.2. The number of amides is 2. The van der Waals surface area contributed by atoms with E-state index in [1.165, 1.54) is 19.3 Å². The van der Waals surface area contributed by atoms with E-state index in [2.05, 4.69) is 10.6 Å². The van der Waals surface area contributed by atoms with Gasteiger partial charge in [-0.2, -0.15) is 0 Å². The minimum Gasteiger partial charge on any atom is -0.490 e. The Hall–Kier alpha value is -1.91. The molecule has 0 radical (unpaired) electrons. The number of benzene rings is 1. The summed E-state index contributed by atoms with van der Waals surface area (Å²) in [4.78, 5) is 12.7. The van der Waals surface area contributed by atoms with Crippen LogP contribution in [-0.4, -0.2) is 24.8 Å². The number of urea groups is 1. The first-order valence-corrected chi connectivity index (χ1v) is 10.1. The second-order valence-electron chi connectivity index (χ2n) is 8.30. The van der Waals surface area contributed by atoms with Gasteiger partial charge in [-0.05, 0) is 82.3 Å². The SMILES string of the molecule is CCOc1ccc(NC(=O)NC23CC4CC(CC(C4)C2)C3)cc1OCC. The van der Waals surface area contributed by atoms with Crippen molar-refractivity contribution in [1.82, 2.24) is 5.32 Å². The maximum Gasteiger partial charge on any atom is 0.319 e. The highest BCUT2D eigenvalue weighted by molar-refractivity contribution is 5.90. The molecule has 0 unspecified atom stereocenters. The van der Waals surface area contributed by atoms with Gasteiger partial charge >= 0.3 is 6.03 Å². The Morgan fingerprint density at radius 3 is 2.15 bits per heavy atom. The molecule has 1 aromatic rings. The van der Waals surface area contributed by atoms with Crippen LogP contribution in [0.15, 0.2) is 18.2 Å². The van der Waals surface area contributed by atoms with Crippen molar-refractivity contribution in [2.45, 2.75) is 57.9 Å². The Bertz CT molecular complexity index is 638. The fourth-order valence-corrected chi connectivity index (χ4v) is 5.80. The quantitative estimate of drug-likeness (QED) is 0.783. The van der Waals surface area contributed by atoms with Gasteiger partial charge in [0.15, 0.2) is 11.5 Å². The number of nitrogens with one attached hydrogen (secondary N) is 2. The van der Waals surface area contributed by atoms with Crippen LogP contribution in [0, 0.1) is 17.8 Å². The van der Waals surface area contributed by atoms with Gasteiger partial charge < -0.3 is 20.1 Å². The normalized spacial score (nSPS) is 31.5. The predicted octanol–water partition coefficient (Wildman–Crippen LogP) is 4.57. The molecule has 0 aliphatic heterocycles. The topological polar surface area (TPSA) is 59.6 Å². The lowest BCUT2D eigenvalue weighted by molar-refractivity contribution is -0.0127. The smallest absolute Gasteiger partial charge is 0.319 e. The number of carbonyl (C=O) groups is 1. The molecule has 5 rings (SSSR count). The van der Waals surface area contributed by atoms with Crippen LogP contribution in [0.2, 0.25) is 0 Å². The lowest BCUT2D eigenvalue weighted by atomic mass is 9.53. The molecule has 2 amide bonds. The monoisotopic (exact) mass is 358 g/mol. The molecule has 4 saturated carbocycles. The summed E-state index contributed by atoms with van der Waals surface area (Å²) in [6.45, 7) is 5.03.